The van der Waals surface area contributed by atoms with E-state index in [2.05, 4.69) is 0 Å². The highest BCUT2D eigenvalue weighted by atomic mass is 16.2. The van der Waals surface area contributed by atoms with Crippen molar-refractivity contribution in [3.05, 3.63) is 0 Å². The summed E-state index contributed by atoms with van der Waals surface area (Å²) in [4.78, 5) is 13.4. The van der Waals surface area contributed by atoms with Crippen LogP contribution in [0.25, 0.3) is 0 Å². The fourth-order valence-electron chi connectivity index (χ4n) is 1.74. The molecule has 0 aromatic carbocycles. The largest absolute Gasteiger partial charge is 0.396 e. The number of unbranched alkanes of at least 4 members (excludes halogenated alkanes) is 1. The third-order valence-corrected chi connectivity index (χ3v) is 2.98. The minimum atomic E-state index is 0.194. The Morgan fingerprint density at radius 3 is 2.64 bits per heavy atom. The molecule has 0 spiro atoms. The van der Waals surface area contributed by atoms with Crippen molar-refractivity contribution >= 4 is 5.91 Å². The average molecular weight is 199 g/mol. The SMILES string of the molecule is CN(CC1CCC1)C(=O)CCCCO. The van der Waals surface area contributed by atoms with Gasteiger partial charge in [-0.3, -0.25) is 4.79 Å². The van der Waals surface area contributed by atoms with E-state index >= 15 is 0 Å². The summed E-state index contributed by atoms with van der Waals surface area (Å²) in [6.45, 7) is 1.12. The van der Waals surface area contributed by atoms with Crippen LogP contribution in [-0.2, 0) is 4.79 Å². The van der Waals surface area contributed by atoms with Crippen LogP contribution in [0, 0.1) is 5.92 Å². The summed E-state index contributed by atoms with van der Waals surface area (Å²) in [5, 5.41) is 8.59. The molecule has 3 nitrogen and oxygen atoms in total. The molecule has 82 valence electrons. The lowest BCUT2D eigenvalue weighted by Gasteiger charge is -2.30. The van der Waals surface area contributed by atoms with Crippen molar-refractivity contribution in [1.82, 2.24) is 4.90 Å². The second kappa shape index (κ2) is 6.02. The van der Waals surface area contributed by atoms with Crippen LogP contribution in [-0.4, -0.2) is 36.1 Å². The molecule has 0 aromatic rings. The zero-order valence-electron chi connectivity index (χ0n) is 9.04. The van der Waals surface area contributed by atoms with E-state index in [1.807, 2.05) is 11.9 Å². The van der Waals surface area contributed by atoms with E-state index < -0.39 is 0 Å². The zero-order valence-corrected chi connectivity index (χ0v) is 9.04. The van der Waals surface area contributed by atoms with Gasteiger partial charge < -0.3 is 10.0 Å². The molecule has 1 amide bonds. The van der Waals surface area contributed by atoms with E-state index in [9.17, 15) is 4.79 Å². The summed E-state index contributed by atoms with van der Waals surface area (Å²) in [6, 6.07) is 0. The van der Waals surface area contributed by atoms with E-state index in [0.717, 1.165) is 25.3 Å². The molecular formula is C11H21NO2. The van der Waals surface area contributed by atoms with Crippen molar-refractivity contribution < 1.29 is 9.90 Å². The first-order chi connectivity index (χ1) is 6.74. The monoisotopic (exact) mass is 199 g/mol. The van der Waals surface area contributed by atoms with Gasteiger partial charge in [0.25, 0.3) is 0 Å². The summed E-state index contributed by atoms with van der Waals surface area (Å²) < 4.78 is 0. The first-order valence-electron chi connectivity index (χ1n) is 5.59. The van der Waals surface area contributed by atoms with Crippen molar-refractivity contribution in [3.8, 4) is 0 Å². The van der Waals surface area contributed by atoms with Gasteiger partial charge in [-0.15, -0.1) is 0 Å². The summed E-state index contributed by atoms with van der Waals surface area (Å²) in [7, 11) is 1.89. The summed E-state index contributed by atoms with van der Waals surface area (Å²) in [5.74, 6) is 0.979. The van der Waals surface area contributed by atoms with E-state index in [-0.39, 0.29) is 12.5 Å². The number of carbonyl (C=O) groups excluding carboxylic acids is 1. The number of amides is 1. The van der Waals surface area contributed by atoms with Crippen LogP contribution in [0.5, 0.6) is 0 Å². The van der Waals surface area contributed by atoms with Crippen LogP contribution in [0.15, 0.2) is 0 Å². The summed E-state index contributed by atoms with van der Waals surface area (Å²) >= 11 is 0. The number of aliphatic hydroxyl groups is 1. The van der Waals surface area contributed by atoms with Crippen LogP contribution in [0.1, 0.15) is 38.5 Å². The van der Waals surface area contributed by atoms with Gasteiger partial charge in [-0.25, -0.2) is 0 Å². The number of nitrogens with zero attached hydrogens (tertiary/aromatic N) is 1. The van der Waals surface area contributed by atoms with Gasteiger partial charge >= 0.3 is 0 Å². The predicted octanol–water partition coefficient (Wildman–Crippen LogP) is 1.41. The molecule has 0 heterocycles. The normalized spacial score (nSPS) is 16.4. The third kappa shape index (κ3) is 3.66. The molecule has 0 aliphatic heterocycles. The van der Waals surface area contributed by atoms with Crippen LogP contribution in [0.2, 0.25) is 0 Å². The Bertz CT molecular complexity index is 178. The zero-order chi connectivity index (χ0) is 10.4. The predicted molar refractivity (Wildman–Crippen MR) is 55.9 cm³/mol. The number of hydrogen-bond donors (Lipinski definition) is 1. The molecule has 0 bridgehead atoms. The highest BCUT2D eigenvalue weighted by Crippen LogP contribution is 2.26. The second-order valence-corrected chi connectivity index (χ2v) is 4.25. The molecular weight excluding hydrogens is 178 g/mol. The molecule has 14 heavy (non-hydrogen) atoms. The molecule has 0 radical (unpaired) electrons. The lowest BCUT2D eigenvalue weighted by Crippen LogP contribution is -2.34. The molecule has 0 saturated heterocycles. The van der Waals surface area contributed by atoms with Gasteiger partial charge in [0.05, 0.1) is 0 Å². The minimum Gasteiger partial charge on any atom is -0.396 e. The van der Waals surface area contributed by atoms with Crippen LogP contribution >= 0.6 is 0 Å². The smallest absolute Gasteiger partial charge is 0.222 e. The average Bonchev–Trinajstić information content (AvgIpc) is 2.11. The quantitative estimate of drug-likeness (QED) is 0.657. The lowest BCUT2D eigenvalue weighted by molar-refractivity contribution is -0.130. The first-order valence-corrected chi connectivity index (χ1v) is 5.59. The minimum absolute atomic E-state index is 0.194. The van der Waals surface area contributed by atoms with Crippen molar-refractivity contribution in [2.75, 3.05) is 20.2 Å². The Balaban J connectivity index is 2.08. The summed E-state index contributed by atoms with van der Waals surface area (Å²) in [6.07, 6.45) is 6.04. The number of rotatable bonds is 6. The van der Waals surface area contributed by atoms with Gasteiger partial charge in [0.15, 0.2) is 0 Å². The van der Waals surface area contributed by atoms with E-state index in [0.29, 0.717) is 6.42 Å². The van der Waals surface area contributed by atoms with Gasteiger partial charge in [-0.1, -0.05) is 6.42 Å². The van der Waals surface area contributed by atoms with Crippen molar-refractivity contribution in [2.45, 2.75) is 38.5 Å². The second-order valence-electron chi connectivity index (χ2n) is 4.25. The standard InChI is InChI=1S/C11H21NO2/c1-12(9-10-5-4-6-10)11(14)7-2-3-8-13/h10,13H,2-9H2,1H3. The molecule has 0 aromatic heterocycles. The Hall–Kier alpha value is -0.570. The van der Waals surface area contributed by atoms with Gasteiger partial charge in [-0.2, -0.15) is 0 Å². The first kappa shape index (κ1) is 11.5. The molecule has 1 N–H and O–H groups in total. The number of aliphatic hydroxyl groups excluding tert-OH is 1. The Morgan fingerprint density at radius 2 is 2.14 bits per heavy atom. The van der Waals surface area contributed by atoms with Crippen LogP contribution in [0.3, 0.4) is 0 Å². The summed E-state index contributed by atoms with van der Waals surface area (Å²) in [5.41, 5.74) is 0. The Morgan fingerprint density at radius 1 is 1.43 bits per heavy atom. The third-order valence-electron chi connectivity index (χ3n) is 2.98. The molecule has 3 heteroatoms. The molecule has 1 aliphatic carbocycles. The topological polar surface area (TPSA) is 40.5 Å². The van der Waals surface area contributed by atoms with Crippen molar-refractivity contribution in [3.63, 3.8) is 0 Å². The Kier molecular flexibility index (Phi) is 4.94. The Labute approximate surface area is 86.1 Å². The maximum absolute atomic E-state index is 11.5. The van der Waals surface area contributed by atoms with Crippen LogP contribution < -0.4 is 0 Å². The highest BCUT2D eigenvalue weighted by Gasteiger charge is 2.20. The fraction of sp³-hybridized carbons (Fsp3) is 0.909. The maximum atomic E-state index is 11.5. The maximum Gasteiger partial charge on any atom is 0.222 e. The van der Waals surface area contributed by atoms with Gasteiger partial charge in [0.2, 0.25) is 5.91 Å². The van der Waals surface area contributed by atoms with Crippen molar-refractivity contribution in [1.29, 1.82) is 0 Å². The van der Waals surface area contributed by atoms with E-state index in [4.69, 9.17) is 5.11 Å². The van der Waals surface area contributed by atoms with Gasteiger partial charge in [0.1, 0.15) is 0 Å². The van der Waals surface area contributed by atoms with Crippen LogP contribution in [0.4, 0.5) is 0 Å². The number of hydrogen-bond acceptors (Lipinski definition) is 2. The van der Waals surface area contributed by atoms with Crippen molar-refractivity contribution in [2.24, 2.45) is 5.92 Å². The molecule has 1 rings (SSSR count). The van der Waals surface area contributed by atoms with E-state index in [1.54, 1.807) is 0 Å². The number of carbonyl (C=O) groups is 1. The molecule has 1 saturated carbocycles. The molecule has 1 aliphatic rings. The van der Waals surface area contributed by atoms with Gasteiger partial charge in [-0.05, 0) is 31.6 Å². The van der Waals surface area contributed by atoms with Gasteiger partial charge in [0, 0.05) is 26.6 Å². The highest BCUT2D eigenvalue weighted by molar-refractivity contribution is 5.75. The molecule has 1 fully saturated rings. The molecule has 0 atom stereocenters. The molecule has 0 unspecified atom stereocenters. The van der Waals surface area contributed by atoms with E-state index in [1.165, 1.54) is 19.3 Å². The fourth-order valence-corrected chi connectivity index (χ4v) is 1.74. The lowest BCUT2D eigenvalue weighted by atomic mass is 9.85.